The minimum atomic E-state index is -0.247. The van der Waals surface area contributed by atoms with Crippen molar-refractivity contribution in [1.29, 1.82) is 0 Å². The average Bonchev–Trinajstić information content (AvgIpc) is 2.92. The van der Waals surface area contributed by atoms with E-state index in [0.29, 0.717) is 23.7 Å². The van der Waals surface area contributed by atoms with Crippen LogP contribution in [0.5, 0.6) is 0 Å². The predicted octanol–water partition coefficient (Wildman–Crippen LogP) is 4.13. The molecule has 9 atom stereocenters. The maximum atomic E-state index is 11.8. The number of allylic oxidation sites excluding steroid dienone is 1. The second-order valence-corrected chi connectivity index (χ2v) is 9.59. The molecule has 4 rings (SSSR count). The molecule has 1 aliphatic carbocycles. The largest absolute Gasteiger partial charge is 0.462 e. The summed E-state index contributed by atoms with van der Waals surface area (Å²) < 4.78 is 19.2. The van der Waals surface area contributed by atoms with Gasteiger partial charge in [0.15, 0.2) is 0 Å². The molecule has 4 aliphatic rings. The zero-order valence-corrected chi connectivity index (χ0v) is 16.9. The summed E-state index contributed by atoms with van der Waals surface area (Å²) in [4.78, 5) is 11.8. The van der Waals surface area contributed by atoms with Gasteiger partial charge in [-0.1, -0.05) is 25.5 Å². The monoisotopic (exact) mass is 362 g/mol. The Balaban J connectivity index is 1.79. The fraction of sp³-hybridized carbons (Fsp3) is 0.864. The molecule has 3 fully saturated rings. The molecule has 3 aliphatic heterocycles. The van der Waals surface area contributed by atoms with Crippen LogP contribution in [-0.2, 0) is 19.0 Å². The van der Waals surface area contributed by atoms with Gasteiger partial charge in [0.25, 0.3) is 0 Å². The number of carbonyl (C=O) groups is 1. The van der Waals surface area contributed by atoms with E-state index in [1.165, 1.54) is 5.57 Å². The summed E-state index contributed by atoms with van der Waals surface area (Å²) in [6.07, 6.45) is 6.64. The normalized spacial score (nSPS) is 52.7. The Morgan fingerprint density at radius 2 is 2.04 bits per heavy atom. The number of fused-ring (bicyclic) bond motifs is 2. The molecule has 4 nitrogen and oxygen atoms in total. The zero-order chi connectivity index (χ0) is 18.6. The third kappa shape index (κ3) is 2.93. The number of hydrogen-bond donors (Lipinski definition) is 0. The van der Waals surface area contributed by atoms with Crippen LogP contribution in [0.4, 0.5) is 0 Å². The Morgan fingerprint density at radius 1 is 1.27 bits per heavy atom. The van der Waals surface area contributed by atoms with Crippen molar-refractivity contribution in [3.63, 3.8) is 0 Å². The van der Waals surface area contributed by atoms with Gasteiger partial charge in [-0.3, -0.25) is 4.79 Å². The first-order valence-electron chi connectivity index (χ1n) is 10.4. The van der Waals surface area contributed by atoms with Gasteiger partial charge in [-0.25, -0.2) is 0 Å². The van der Waals surface area contributed by atoms with Crippen molar-refractivity contribution in [2.24, 2.45) is 29.6 Å². The van der Waals surface area contributed by atoms with E-state index >= 15 is 0 Å². The molecule has 3 heterocycles. The van der Waals surface area contributed by atoms with E-state index in [4.69, 9.17) is 14.2 Å². The highest BCUT2D eigenvalue weighted by Crippen LogP contribution is 2.57. The highest BCUT2D eigenvalue weighted by Gasteiger charge is 2.62. The predicted molar refractivity (Wildman–Crippen MR) is 99.6 cm³/mol. The van der Waals surface area contributed by atoms with Crippen molar-refractivity contribution < 1.29 is 19.0 Å². The van der Waals surface area contributed by atoms with Crippen LogP contribution in [0.2, 0.25) is 0 Å². The summed E-state index contributed by atoms with van der Waals surface area (Å²) in [6.45, 7) is 11.4. The highest BCUT2D eigenvalue weighted by molar-refractivity contribution is 5.66. The molecule has 0 spiro atoms. The summed E-state index contributed by atoms with van der Waals surface area (Å²) in [6, 6.07) is 0. The summed E-state index contributed by atoms with van der Waals surface area (Å²) in [5, 5.41) is 0. The van der Waals surface area contributed by atoms with Crippen molar-refractivity contribution in [3.8, 4) is 0 Å². The first-order valence-corrected chi connectivity index (χ1v) is 10.4. The molecule has 26 heavy (non-hydrogen) atoms. The SMILES string of the molecule is CC(=O)OC1C(C)CC2C(C)COC3(C)CC/C=C(/C)CC4OC3C2C41. The maximum Gasteiger partial charge on any atom is 0.302 e. The van der Waals surface area contributed by atoms with Gasteiger partial charge in [0, 0.05) is 12.8 Å². The highest BCUT2D eigenvalue weighted by atomic mass is 16.6. The molecule has 2 saturated heterocycles. The van der Waals surface area contributed by atoms with Gasteiger partial charge in [-0.2, -0.15) is 0 Å². The number of carbonyl (C=O) groups excluding carboxylic acids is 1. The quantitative estimate of drug-likeness (QED) is 0.520. The van der Waals surface area contributed by atoms with E-state index in [0.717, 1.165) is 32.3 Å². The maximum absolute atomic E-state index is 11.8. The molecule has 4 heteroatoms. The van der Waals surface area contributed by atoms with E-state index in [-0.39, 0.29) is 35.8 Å². The summed E-state index contributed by atoms with van der Waals surface area (Å²) in [7, 11) is 0. The summed E-state index contributed by atoms with van der Waals surface area (Å²) in [5.41, 5.74) is 1.14. The van der Waals surface area contributed by atoms with E-state index in [9.17, 15) is 4.79 Å². The van der Waals surface area contributed by atoms with Gasteiger partial charge in [-0.15, -0.1) is 0 Å². The molecule has 0 aromatic rings. The molecule has 1 saturated carbocycles. The van der Waals surface area contributed by atoms with Crippen LogP contribution >= 0.6 is 0 Å². The number of rotatable bonds is 1. The van der Waals surface area contributed by atoms with Crippen molar-refractivity contribution in [1.82, 2.24) is 0 Å². The average molecular weight is 363 g/mol. The van der Waals surface area contributed by atoms with Crippen molar-refractivity contribution in [2.45, 2.75) is 84.2 Å². The van der Waals surface area contributed by atoms with Crippen LogP contribution < -0.4 is 0 Å². The van der Waals surface area contributed by atoms with Crippen LogP contribution in [0.3, 0.4) is 0 Å². The third-order valence-electron chi connectivity index (χ3n) is 7.59. The fourth-order valence-electron chi connectivity index (χ4n) is 6.34. The van der Waals surface area contributed by atoms with Gasteiger partial charge < -0.3 is 14.2 Å². The topological polar surface area (TPSA) is 44.8 Å². The first-order chi connectivity index (χ1) is 12.3. The fourth-order valence-corrected chi connectivity index (χ4v) is 6.34. The second-order valence-electron chi connectivity index (χ2n) is 9.59. The molecular formula is C22H34O4. The van der Waals surface area contributed by atoms with E-state index in [2.05, 4.69) is 33.8 Å². The van der Waals surface area contributed by atoms with Gasteiger partial charge in [0.05, 0.1) is 24.4 Å². The lowest BCUT2D eigenvalue weighted by atomic mass is 9.59. The van der Waals surface area contributed by atoms with Crippen LogP contribution in [-0.4, -0.2) is 36.5 Å². The first kappa shape index (κ1) is 18.5. The summed E-state index contributed by atoms with van der Waals surface area (Å²) >= 11 is 0. The van der Waals surface area contributed by atoms with Crippen LogP contribution in [0.25, 0.3) is 0 Å². The third-order valence-corrected chi connectivity index (χ3v) is 7.59. The van der Waals surface area contributed by atoms with E-state index in [1.54, 1.807) is 6.92 Å². The Bertz CT molecular complexity index is 599. The van der Waals surface area contributed by atoms with E-state index < -0.39 is 0 Å². The molecule has 9 unspecified atom stereocenters. The Morgan fingerprint density at radius 3 is 2.77 bits per heavy atom. The van der Waals surface area contributed by atoms with Crippen molar-refractivity contribution in [3.05, 3.63) is 11.6 Å². The summed E-state index contributed by atoms with van der Waals surface area (Å²) in [5.74, 6) is 2.01. The van der Waals surface area contributed by atoms with Gasteiger partial charge in [0.2, 0.25) is 0 Å². The number of ether oxygens (including phenoxy) is 3. The molecule has 0 radical (unpaired) electrons. The van der Waals surface area contributed by atoms with Crippen LogP contribution in [0.15, 0.2) is 11.6 Å². The van der Waals surface area contributed by atoms with Gasteiger partial charge >= 0.3 is 5.97 Å². The molecule has 0 aromatic carbocycles. The van der Waals surface area contributed by atoms with Crippen molar-refractivity contribution in [2.75, 3.05) is 6.61 Å². The van der Waals surface area contributed by atoms with Crippen LogP contribution in [0, 0.1) is 29.6 Å². The van der Waals surface area contributed by atoms with Gasteiger partial charge in [0.1, 0.15) is 6.10 Å². The second kappa shape index (κ2) is 6.63. The Labute approximate surface area is 157 Å². The lowest BCUT2D eigenvalue weighted by Gasteiger charge is -2.46. The minimum absolute atomic E-state index is 0.0365. The van der Waals surface area contributed by atoms with Crippen molar-refractivity contribution >= 4 is 5.97 Å². The Hall–Kier alpha value is -0.870. The molecule has 0 aromatic heterocycles. The molecule has 2 bridgehead atoms. The molecular weight excluding hydrogens is 328 g/mol. The van der Waals surface area contributed by atoms with Gasteiger partial charge in [-0.05, 0) is 63.2 Å². The lowest BCUT2D eigenvalue weighted by molar-refractivity contribution is -0.160. The zero-order valence-electron chi connectivity index (χ0n) is 16.9. The molecule has 0 N–H and O–H groups in total. The van der Waals surface area contributed by atoms with Crippen LogP contribution in [0.1, 0.15) is 60.3 Å². The van der Waals surface area contributed by atoms with E-state index in [1.807, 2.05) is 0 Å². The minimum Gasteiger partial charge on any atom is -0.462 e. The number of hydrogen-bond acceptors (Lipinski definition) is 4. The molecule has 0 amide bonds. The number of esters is 1. The standard InChI is InChI=1S/C22H34O4/c1-12-7-6-8-22(5)21-18-16(14(3)11-24-22)10-13(2)20(25-15(4)23)19(18)17(9-12)26-21/h7,13-14,16-21H,6,8-11H2,1-5H3/b12-7-. The molecule has 146 valence electrons. The lowest BCUT2D eigenvalue weighted by Crippen LogP contribution is -2.51. The smallest absolute Gasteiger partial charge is 0.302 e. The Kier molecular flexibility index (Phi) is 4.71.